The SMILES string of the molecule is COc1ccc(C2CC2CC(=O)O)cn1. The fraction of sp³-hybridized carbons (Fsp3) is 0.455. The van der Waals surface area contributed by atoms with Crippen molar-refractivity contribution in [1.29, 1.82) is 0 Å². The molecule has 0 saturated heterocycles. The zero-order valence-corrected chi connectivity index (χ0v) is 8.51. The summed E-state index contributed by atoms with van der Waals surface area (Å²) in [5, 5.41) is 8.64. The largest absolute Gasteiger partial charge is 0.481 e. The van der Waals surface area contributed by atoms with Gasteiger partial charge in [0, 0.05) is 18.7 Å². The molecule has 0 aliphatic heterocycles. The molecule has 1 aliphatic carbocycles. The molecular formula is C11H13NO3. The molecule has 1 N–H and O–H groups in total. The molecule has 2 unspecified atom stereocenters. The number of nitrogens with zero attached hydrogens (tertiary/aromatic N) is 1. The van der Waals surface area contributed by atoms with Crippen molar-refractivity contribution in [3.05, 3.63) is 23.9 Å². The third-order valence-electron chi connectivity index (χ3n) is 2.76. The Bertz CT molecular complexity index is 361. The van der Waals surface area contributed by atoms with Crippen molar-refractivity contribution in [2.24, 2.45) is 5.92 Å². The molecule has 2 atom stereocenters. The number of pyridine rings is 1. The van der Waals surface area contributed by atoms with Crippen LogP contribution in [-0.2, 0) is 4.79 Å². The maximum atomic E-state index is 10.5. The summed E-state index contributed by atoms with van der Waals surface area (Å²) in [5.41, 5.74) is 1.11. The minimum Gasteiger partial charge on any atom is -0.481 e. The predicted octanol–water partition coefficient (Wildman–Crippen LogP) is 1.67. The molecule has 4 nitrogen and oxygen atoms in total. The number of carbonyl (C=O) groups is 1. The quantitative estimate of drug-likeness (QED) is 0.815. The minimum atomic E-state index is -0.719. The van der Waals surface area contributed by atoms with E-state index in [0.29, 0.717) is 11.8 Å². The van der Waals surface area contributed by atoms with Gasteiger partial charge in [-0.2, -0.15) is 0 Å². The number of methoxy groups -OCH3 is 1. The van der Waals surface area contributed by atoms with Gasteiger partial charge < -0.3 is 9.84 Å². The van der Waals surface area contributed by atoms with Crippen molar-refractivity contribution < 1.29 is 14.6 Å². The van der Waals surface area contributed by atoms with Gasteiger partial charge in [-0.25, -0.2) is 4.98 Å². The Labute approximate surface area is 87.9 Å². The van der Waals surface area contributed by atoms with Crippen LogP contribution in [0.15, 0.2) is 18.3 Å². The van der Waals surface area contributed by atoms with Gasteiger partial charge in [-0.15, -0.1) is 0 Å². The van der Waals surface area contributed by atoms with Crippen LogP contribution in [0.5, 0.6) is 5.88 Å². The summed E-state index contributed by atoms with van der Waals surface area (Å²) in [7, 11) is 1.58. The van der Waals surface area contributed by atoms with E-state index < -0.39 is 5.97 Å². The number of carboxylic acid groups (broad SMARTS) is 1. The van der Waals surface area contributed by atoms with Crippen LogP contribution in [0, 0.1) is 5.92 Å². The molecule has 0 amide bonds. The second-order valence-corrected chi connectivity index (χ2v) is 3.83. The third-order valence-corrected chi connectivity index (χ3v) is 2.76. The first-order chi connectivity index (χ1) is 7.20. The Morgan fingerprint density at radius 2 is 2.47 bits per heavy atom. The fourth-order valence-electron chi connectivity index (χ4n) is 1.84. The zero-order valence-electron chi connectivity index (χ0n) is 8.51. The van der Waals surface area contributed by atoms with Gasteiger partial charge in [0.05, 0.1) is 7.11 Å². The predicted molar refractivity (Wildman–Crippen MR) is 53.9 cm³/mol. The average molecular weight is 207 g/mol. The molecule has 0 spiro atoms. The van der Waals surface area contributed by atoms with Crippen LogP contribution in [0.25, 0.3) is 0 Å². The van der Waals surface area contributed by atoms with E-state index in [9.17, 15) is 4.79 Å². The summed E-state index contributed by atoms with van der Waals surface area (Å²) in [6.07, 6.45) is 2.99. The molecular weight excluding hydrogens is 194 g/mol. The van der Waals surface area contributed by atoms with E-state index in [1.165, 1.54) is 0 Å². The van der Waals surface area contributed by atoms with E-state index >= 15 is 0 Å². The Kier molecular flexibility index (Phi) is 2.58. The number of carboxylic acids is 1. The second kappa shape index (κ2) is 3.88. The van der Waals surface area contributed by atoms with Crippen molar-refractivity contribution in [2.75, 3.05) is 7.11 Å². The van der Waals surface area contributed by atoms with E-state index in [0.717, 1.165) is 12.0 Å². The highest BCUT2D eigenvalue weighted by atomic mass is 16.5. The fourth-order valence-corrected chi connectivity index (χ4v) is 1.84. The Morgan fingerprint density at radius 3 is 3.00 bits per heavy atom. The lowest BCUT2D eigenvalue weighted by Crippen LogP contribution is -1.97. The standard InChI is InChI=1S/C11H13NO3/c1-15-10-3-2-7(6-12-10)9-4-8(9)5-11(13)14/h2-3,6,8-9H,4-5H2,1H3,(H,13,14). The van der Waals surface area contributed by atoms with Crippen molar-refractivity contribution in [2.45, 2.75) is 18.8 Å². The first kappa shape index (κ1) is 9.96. The summed E-state index contributed by atoms with van der Waals surface area (Å²) in [6.45, 7) is 0. The van der Waals surface area contributed by atoms with Crippen LogP contribution in [0.3, 0.4) is 0 Å². The summed E-state index contributed by atoms with van der Waals surface area (Å²) in [6, 6.07) is 3.77. The summed E-state index contributed by atoms with van der Waals surface area (Å²) in [5.74, 6) is 0.537. The number of rotatable bonds is 4. The third kappa shape index (κ3) is 2.26. The Balaban J connectivity index is 1.97. The van der Waals surface area contributed by atoms with Gasteiger partial charge in [0.15, 0.2) is 0 Å². The first-order valence-corrected chi connectivity index (χ1v) is 4.92. The number of aliphatic carboxylic acids is 1. The minimum absolute atomic E-state index is 0.261. The Morgan fingerprint density at radius 1 is 1.67 bits per heavy atom. The molecule has 80 valence electrons. The van der Waals surface area contributed by atoms with Crippen LogP contribution in [0.1, 0.15) is 24.3 Å². The van der Waals surface area contributed by atoms with Gasteiger partial charge >= 0.3 is 5.97 Å². The molecule has 1 saturated carbocycles. The van der Waals surface area contributed by atoms with Crippen molar-refractivity contribution in [3.63, 3.8) is 0 Å². The van der Waals surface area contributed by atoms with Crippen LogP contribution >= 0.6 is 0 Å². The molecule has 1 fully saturated rings. The molecule has 0 aromatic carbocycles. The summed E-state index contributed by atoms with van der Waals surface area (Å²) in [4.78, 5) is 14.6. The van der Waals surface area contributed by atoms with Gasteiger partial charge in [0.2, 0.25) is 5.88 Å². The number of hydrogen-bond acceptors (Lipinski definition) is 3. The van der Waals surface area contributed by atoms with Crippen molar-refractivity contribution in [1.82, 2.24) is 4.98 Å². The molecule has 4 heteroatoms. The molecule has 1 aliphatic rings. The van der Waals surface area contributed by atoms with Crippen molar-refractivity contribution in [3.8, 4) is 5.88 Å². The van der Waals surface area contributed by atoms with Gasteiger partial charge in [-0.1, -0.05) is 6.07 Å². The van der Waals surface area contributed by atoms with E-state index in [-0.39, 0.29) is 12.3 Å². The molecule has 0 radical (unpaired) electrons. The average Bonchev–Trinajstić information content (AvgIpc) is 2.96. The maximum absolute atomic E-state index is 10.5. The normalized spacial score (nSPS) is 23.5. The molecule has 0 bridgehead atoms. The highest BCUT2D eigenvalue weighted by molar-refractivity contribution is 5.67. The van der Waals surface area contributed by atoms with Crippen LogP contribution in [0.4, 0.5) is 0 Å². The van der Waals surface area contributed by atoms with Gasteiger partial charge in [0.25, 0.3) is 0 Å². The molecule has 1 aromatic rings. The highest BCUT2D eigenvalue weighted by Gasteiger charge is 2.39. The van der Waals surface area contributed by atoms with E-state index in [1.807, 2.05) is 12.1 Å². The van der Waals surface area contributed by atoms with Crippen molar-refractivity contribution >= 4 is 5.97 Å². The molecule has 2 rings (SSSR count). The second-order valence-electron chi connectivity index (χ2n) is 3.83. The highest BCUT2D eigenvalue weighted by Crippen LogP contribution is 2.49. The maximum Gasteiger partial charge on any atom is 0.303 e. The molecule has 15 heavy (non-hydrogen) atoms. The lowest BCUT2D eigenvalue weighted by Gasteiger charge is -2.01. The van der Waals surface area contributed by atoms with Gasteiger partial charge in [-0.05, 0) is 23.8 Å². The molecule has 1 aromatic heterocycles. The number of ether oxygens (including phenoxy) is 1. The summed E-state index contributed by atoms with van der Waals surface area (Å²) >= 11 is 0. The van der Waals surface area contributed by atoms with Crippen LogP contribution < -0.4 is 4.74 Å². The number of hydrogen-bond donors (Lipinski definition) is 1. The van der Waals surface area contributed by atoms with E-state index in [1.54, 1.807) is 13.3 Å². The lowest BCUT2D eigenvalue weighted by molar-refractivity contribution is -0.137. The number of aromatic nitrogens is 1. The lowest BCUT2D eigenvalue weighted by atomic mass is 10.1. The van der Waals surface area contributed by atoms with Gasteiger partial charge in [0.1, 0.15) is 0 Å². The topological polar surface area (TPSA) is 59.4 Å². The molecule has 1 heterocycles. The van der Waals surface area contributed by atoms with E-state index in [4.69, 9.17) is 9.84 Å². The first-order valence-electron chi connectivity index (χ1n) is 4.92. The van der Waals surface area contributed by atoms with Crippen LogP contribution in [-0.4, -0.2) is 23.2 Å². The zero-order chi connectivity index (χ0) is 10.8. The van der Waals surface area contributed by atoms with Gasteiger partial charge in [-0.3, -0.25) is 4.79 Å². The van der Waals surface area contributed by atoms with Crippen LogP contribution in [0.2, 0.25) is 0 Å². The smallest absolute Gasteiger partial charge is 0.303 e. The monoisotopic (exact) mass is 207 g/mol. The summed E-state index contributed by atoms with van der Waals surface area (Å²) < 4.78 is 4.96. The Hall–Kier alpha value is -1.58. The van der Waals surface area contributed by atoms with E-state index in [2.05, 4.69) is 4.98 Å².